The quantitative estimate of drug-likeness (QED) is 0.400. The van der Waals surface area contributed by atoms with Gasteiger partial charge in [0.1, 0.15) is 0 Å². The van der Waals surface area contributed by atoms with Gasteiger partial charge in [-0.05, 0) is 50.0 Å². The molecule has 0 aliphatic carbocycles. The average Bonchev–Trinajstić information content (AvgIpc) is 3.30. The summed E-state index contributed by atoms with van der Waals surface area (Å²) in [6, 6.07) is 9.64. The number of fused-ring (bicyclic) bond motifs is 2. The molecule has 0 unspecified atom stereocenters. The Morgan fingerprint density at radius 1 is 1.14 bits per heavy atom. The lowest BCUT2D eigenvalue weighted by molar-refractivity contribution is -0.137. The van der Waals surface area contributed by atoms with Crippen LogP contribution in [0.2, 0.25) is 0 Å². The molecule has 1 aromatic rings. The number of allylic oxidation sites excluding steroid dienone is 2. The van der Waals surface area contributed by atoms with Crippen molar-refractivity contribution < 1.29 is 23.1 Å². The molecule has 2 aliphatic heterocycles. The number of hydrogen-bond acceptors (Lipinski definition) is 4. The molecular formula is C22H31NO5S. The van der Waals surface area contributed by atoms with Gasteiger partial charge in [0, 0.05) is 18.9 Å². The van der Waals surface area contributed by atoms with Gasteiger partial charge in [0.15, 0.2) is 0 Å². The summed E-state index contributed by atoms with van der Waals surface area (Å²) >= 11 is 0. The molecule has 0 spiro atoms. The minimum absolute atomic E-state index is 0.0901. The van der Waals surface area contributed by atoms with E-state index in [-0.39, 0.29) is 30.3 Å². The summed E-state index contributed by atoms with van der Waals surface area (Å²) in [6.45, 7) is 0.426. The monoisotopic (exact) mass is 421 g/mol. The maximum absolute atomic E-state index is 12.4. The van der Waals surface area contributed by atoms with E-state index >= 15 is 0 Å². The molecule has 2 aliphatic rings. The summed E-state index contributed by atoms with van der Waals surface area (Å²) in [5.74, 6) is -0.156. The Hall–Kier alpha value is -1.70. The van der Waals surface area contributed by atoms with Crippen LogP contribution in [0.5, 0.6) is 0 Å². The van der Waals surface area contributed by atoms with E-state index in [4.69, 9.17) is 9.84 Å². The molecule has 0 radical (unpaired) electrons. The molecule has 0 aromatic heterocycles. The third kappa shape index (κ3) is 6.66. The zero-order chi connectivity index (χ0) is 20.7. The predicted molar refractivity (Wildman–Crippen MR) is 112 cm³/mol. The van der Waals surface area contributed by atoms with Crippen molar-refractivity contribution in [3.05, 3.63) is 48.0 Å². The summed E-state index contributed by atoms with van der Waals surface area (Å²) in [4.78, 5) is 10.6. The molecule has 2 saturated heterocycles. The second kappa shape index (κ2) is 10.4. The highest BCUT2D eigenvalue weighted by Crippen LogP contribution is 2.44. The number of ether oxygens (including phenoxy) is 1. The van der Waals surface area contributed by atoms with Crippen LogP contribution >= 0.6 is 0 Å². The zero-order valence-electron chi connectivity index (χ0n) is 16.7. The van der Waals surface area contributed by atoms with Gasteiger partial charge in [-0.2, -0.15) is 0 Å². The molecule has 2 fully saturated rings. The number of unbranched alkanes of at least 4 members (excludes halogenated alkanes) is 1. The van der Waals surface area contributed by atoms with Crippen molar-refractivity contribution in [3.8, 4) is 0 Å². The SMILES string of the molecule is O=C(O)CCC/C=C\C[C@@H]1[C@H](CNS(=O)(=O)CCc2ccccc2)[C@@H]2CC[C@H]1O2. The first-order chi connectivity index (χ1) is 13.9. The number of carboxylic acids is 1. The number of aryl methyl sites for hydroxylation is 1. The number of nitrogens with one attached hydrogen (secondary N) is 1. The summed E-state index contributed by atoms with van der Waals surface area (Å²) in [7, 11) is -3.33. The molecule has 1 aromatic carbocycles. The maximum atomic E-state index is 12.4. The molecule has 4 atom stereocenters. The average molecular weight is 422 g/mol. The van der Waals surface area contributed by atoms with Crippen molar-refractivity contribution in [1.29, 1.82) is 0 Å². The molecule has 2 heterocycles. The van der Waals surface area contributed by atoms with Crippen LogP contribution in [0.3, 0.4) is 0 Å². The number of aliphatic carboxylic acids is 1. The minimum Gasteiger partial charge on any atom is -0.481 e. The first kappa shape index (κ1) is 22.0. The number of carbonyl (C=O) groups is 1. The number of benzene rings is 1. The van der Waals surface area contributed by atoms with Crippen molar-refractivity contribution in [2.45, 2.75) is 57.2 Å². The Morgan fingerprint density at radius 2 is 1.86 bits per heavy atom. The second-order valence-electron chi connectivity index (χ2n) is 8.01. The predicted octanol–water partition coefficient (Wildman–Crippen LogP) is 3.14. The molecule has 2 N–H and O–H groups in total. The lowest BCUT2D eigenvalue weighted by Gasteiger charge is -2.27. The molecule has 3 rings (SSSR count). The van der Waals surface area contributed by atoms with Crippen LogP contribution in [0.1, 0.15) is 44.1 Å². The fraction of sp³-hybridized carbons (Fsp3) is 0.591. The van der Waals surface area contributed by atoms with E-state index in [9.17, 15) is 13.2 Å². The van der Waals surface area contributed by atoms with Crippen molar-refractivity contribution in [3.63, 3.8) is 0 Å². The number of rotatable bonds is 12. The van der Waals surface area contributed by atoms with Gasteiger partial charge in [-0.25, -0.2) is 13.1 Å². The van der Waals surface area contributed by atoms with E-state index in [1.165, 1.54) is 0 Å². The summed E-state index contributed by atoms with van der Waals surface area (Å²) in [5.41, 5.74) is 1.02. The van der Waals surface area contributed by atoms with Crippen molar-refractivity contribution in [2.24, 2.45) is 11.8 Å². The molecule has 6 nitrogen and oxygen atoms in total. The van der Waals surface area contributed by atoms with Crippen LogP contribution in [0.4, 0.5) is 0 Å². The fourth-order valence-corrected chi connectivity index (χ4v) is 5.51. The molecule has 29 heavy (non-hydrogen) atoms. The van der Waals surface area contributed by atoms with Gasteiger partial charge in [0.2, 0.25) is 10.0 Å². The van der Waals surface area contributed by atoms with Crippen LogP contribution < -0.4 is 4.72 Å². The lowest BCUT2D eigenvalue weighted by atomic mass is 9.77. The standard InChI is InChI=1S/C22H31NO5S/c24-22(25)11-7-2-1-6-10-18-19(21-13-12-20(18)28-21)16-23-29(26,27)15-14-17-8-4-3-5-9-17/h1,3-6,8-9,18-21,23H,2,7,10-16H2,(H,24,25)/b6-1-/t18-,19+,20-,21+/m1/s1. The Kier molecular flexibility index (Phi) is 7.86. The summed E-state index contributed by atoms with van der Waals surface area (Å²) < 4.78 is 33.8. The van der Waals surface area contributed by atoms with E-state index in [1.807, 2.05) is 36.4 Å². The minimum atomic E-state index is -3.33. The fourth-order valence-electron chi connectivity index (χ4n) is 4.41. The zero-order valence-corrected chi connectivity index (χ0v) is 17.5. The van der Waals surface area contributed by atoms with Gasteiger partial charge in [0.05, 0.1) is 18.0 Å². The van der Waals surface area contributed by atoms with Crippen LogP contribution in [0.25, 0.3) is 0 Å². The van der Waals surface area contributed by atoms with E-state index in [2.05, 4.69) is 10.8 Å². The van der Waals surface area contributed by atoms with Crippen molar-refractivity contribution in [1.82, 2.24) is 4.72 Å². The molecule has 0 amide bonds. The lowest BCUT2D eigenvalue weighted by Crippen LogP contribution is -2.39. The Bertz CT molecular complexity index is 793. The summed E-state index contributed by atoms with van der Waals surface area (Å²) in [6.07, 6.45) is 9.48. The maximum Gasteiger partial charge on any atom is 0.303 e. The molecule has 160 valence electrons. The van der Waals surface area contributed by atoms with Crippen LogP contribution in [-0.4, -0.2) is 44.0 Å². The van der Waals surface area contributed by atoms with E-state index < -0.39 is 16.0 Å². The van der Waals surface area contributed by atoms with Crippen LogP contribution in [0, 0.1) is 11.8 Å². The topological polar surface area (TPSA) is 92.7 Å². The normalized spacial score (nSPS) is 26.3. The van der Waals surface area contributed by atoms with Crippen molar-refractivity contribution >= 4 is 16.0 Å². The Labute approximate surface area is 173 Å². The third-order valence-electron chi connectivity index (χ3n) is 5.97. The largest absolute Gasteiger partial charge is 0.481 e. The first-order valence-electron chi connectivity index (χ1n) is 10.5. The van der Waals surface area contributed by atoms with E-state index in [1.54, 1.807) is 0 Å². The van der Waals surface area contributed by atoms with Gasteiger partial charge in [-0.1, -0.05) is 42.5 Å². The summed E-state index contributed by atoms with van der Waals surface area (Å²) in [5, 5.41) is 8.68. The smallest absolute Gasteiger partial charge is 0.303 e. The molecule has 0 saturated carbocycles. The highest BCUT2D eigenvalue weighted by molar-refractivity contribution is 7.89. The van der Waals surface area contributed by atoms with Gasteiger partial charge >= 0.3 is 5.97 Å². The number of hydrogen-bond donors (Lipinski definition) is 2. The molecule has 2 bridgehead atoms. The first-order valence-corrected chi connectivity index (χ1v) is 12.1. The molecule has 7 heteroatoms. The van der Waals surface area contributed by atoms with Gasteiger partial charge in [-0.3, -0.25) is 4.79 Å². The highest BCUT2D eigenvalue weighted by atomic mass is 32.2. The van der Waals surface area contributed by atoms with Crippen LogP contribution in [-0.2, 0) is 26.0 Å². The van der Waals surface area contributed by atoms with Gasteiger partial charge in [0.25, 0.3) is 0 Å². The van der Waals surface area contributed by atoms with E-state index in [0.29, 0.717) is 25.3 Å². The number of carboxylic acid groups (broad SMARTS) is 1. The van der Waals surface area contributed by atoms with Gasteiger partial charge in [-0.15, -0.1) is 0 Å². The molecular weight excluding hydrogens is 390 g/mol. The third-order valence-corrected chi connectivity index (χ3v) is 7.32. The van der Waals surface area contributed by atoms with Crippen molar-refractivity contribution in [2.75, 3.05) is 12.3 Å². The second-order valence-corrected chi connectivity index (χ2v) is 9.94. The Morgan fingerprint density at radius 3 is 2.59 bits per heavy atom. The highest BCUT2D eigenvalue weighted by Gasteiger charge is 2.48. The van der Waals surface area contributed by atoms with Crippen LogP contribution in [0.15, 0.2) is 42.5 Å². The number of sulfonamides is 1. The Balaban J connectivity index is 1.46. The van der Waals surface area contributed by atoms with Gasteiger partial charge < -0.3 is 9.84 Å². The van der Waals surface area contributed by atoms with E-state index in [0.717, 1.165) is 31.2 Å².